The third kappa shape index (κ3) is 2.61. The van der Waals surface area contributed by atoms with Gasteiger partial charge < -0.3 is 10.2 Å². The Kier molecular flexibility index (Phi) is 2.80. The first-order valence-electron chi connectivity index (χ1n) is 5.57. The topological polar surface area (TPSA) is 28.2 Å². The van der Waals surface area contributed by atoms with E-state index in [-0.39, 0.29) is 0 Å². The highest BCUT2D eigenvalue weighted by Crippen LogP contribution is 2.33. The summed E-state index contributed by atoms with van der Waals surface area (Å²) >= 11 is 0. The van der Waals surface area contributed by atoms with Crippen LogP contribution in [0.5, 0.6) is 0 Å². The molecule has 1 N–H and O–H groups in total. The summed E-state index contributed by atoms with van der Waals surface area (Å²) in [6, 6.07) is 4.72. The van der Waals surface area contributed by atoms with Crippen molar-refractivity contribution in [3.05, 3.63) is 18.3 Å². The third-order valence-electron chi connectivity index (χ3n) is 2.93. The SMILES string of the molecule is CC(Nc1ccc(N(C)C)nc1)C1CC1. The van der Waals surface area contributed by atoms with Crippen molar-refractivity contribution < 1.29 is 0 Å². The van der Waals surface area contributed by atoms with Gasteiger partial charge >= 0.3 is 0 Å². The van der Waals surface area contributed by atoms with Gasteiger partial charge in [0, 0.05) is 20.1 Å². The quantitative estimate of drug-likeness (QED) is 0.818. The Morgan fingerprint density at radius 3 is 2.60 bits per heavy atom. The van der Waals surface area contributed by atoms with Crippen molar-refractivity contribution in [1.29, 1.82) is 0 Å². The van der Waals surface area contributed by atoms with Crippen molar-refractivity contribution in [3.63, 3.8) is 0 Å². The van der Waals surface area contributed by atoms with E-state index in [0.717, 1.165) is 17.4 Å². The second-order valence-corrected chi connectivity index (χ2v) is 4.57. The molecule has 1 unspecified atom stereocenters. The minimum atomic E-state index is 0.581. The van der Waals surface area contributed by atoms with Gasteiger partial charge in [-0.1, -0.05) is 0 Å². The van der Waals surface area contributed by atoms with Crippen LogP contribution in [0.4, 0.5) is 11.5 Å². The van der Waals surface area contributed by atoms with Crippen molar-refractivity contribution in [2.45, 2.75) is 25.8 Å². The van der Waals surface area contributed by atoms with Crippen LogP contribution in [-0.4, -0.2) is 25.1 Å². The molecule has 1 fully saturated rings. The van der Waals surface area contributed by atoms with Gasteiger partial charge in [-0.25, -0.2) is 4.98 Å². The molecule has 0 saturated heterocycles. The van der Waals surface area contributed by atoms with Crippen LogP contribution >= 0.6 is 0 Å². The van der Waals surface area contributed by atoms with Crippen LogP contribution in [0.2, 0.25) is 0 Å². The predicted octanol–water partition coefficient (Wildman–Crippen LogP) is 2.36. The van der Waals surface area contributed by atoms with Crippen LogP contribution < -0.4 is 10.2 Å². The van der Waals surface area contributed by atoms with Crippen LogP contribution in [0.3, 0.4) is 0 Å². The highest BCUT2D eigenvalue weighted by atomic mass is 15.1. The summed E-state index contributed by atoms with van der Waals surface area (Å²) in [5.41, 5.74) is 1.13. The molecular weight excluding hydrogens is 186 g/mol. The second-order valence-electron chi connectivity index (χ2n) is 4.57. The molecular formula is C12H19N3. The molecule has 1 aromatic rings. The lowest BCUT2D eigenvalue weighted by atomic mass is 10.2. The Bertz CT molecular complexity index is 314. The highest BCUT2D eigenvalue weighted by Gasteiger charge is 2.27. The van der Waals surface area contributed by atoms with E-state index in [0.29, 0.717) is 6.04 Å². The molecule has 3 heteroatoms. The number of hydrogen-bond donors (Lipinski definition) is 1. The average Bonchev–Trinajstić information content (AvgIpc) is 3.01. The minimum absolute atomic E-state index is 0.581. The van der Waals surface area contributed by atoms with Crippen LogP contribution in [-0.2, 0) is 0 Å². The molecule has 0 aliphatic heterocycles. The molecule has 0 amide bonds. The van der Waals surface area contributed by atoms with E-state index in [1.807, 2.05) is 31.3 Å². The lowest BCUT2D eigenvalue weighted by Crippen LogP contribution is -2.17. The fourth-order valence-corrected chi connectivity index (χ4v) is 1.71. The Morgan fingerprint density at radius 1 is 1.40 bits per heavy atom. The molecule has 0 radical (unpaired) electrons. The van der Waals surface area contributed by atoms with Gasteiger partial charge in [0.1, 0.15) is 5.82 Å². The Balaban J connectivity index is 1.97. The lowest BCUT2D eigenvalue weighted by Gasteiger charge is -2.15. The van der Waals surface area contributed by atoms with Crippen LogP contribution in [0, 0.1) is 5.92 Å². The first kappa shape index (κ1) is 10.3. The molecule has 0 spiro atoms. The van der Waals surface area contributed by atoms with Crippen LogP contribution in [0.25, 0.3) is 0 Å². The third-order valence-corrected chi connectivity index (χ3v) is 2.93. The van der Waals surface area contributed by atoms with Gasteiger partial charge in [-0.15, -0.1) is 0 Å². The summed E-state index contributed by atoms with van der Waals surface area (Å²) in [7, 11) is 4.00. The fraction of sp³-hybridized carbons (Fsp3) is 0.583. The van der Waals surface area contributed by atoms with Gasteiger partial charge in [0.25, 0.3) is 0 Å². The lowest BCUT2D eigenvalue weighted by molar-refractivity contribution is 0.694. The van der Waals surface area contributed by atoms with Crippen molar-refractivity contribution in [3.8, 4) is 0 Å². The Morgan fingerprint density at radius 2 is 2.13 bits per heavy atom. The Hall–Kier alpha value is -1.25. The van der Waals surface area contributed by atoms with Crippen LogP contribution in [0.1, 0.15) is 19.8 Å². The van der Waals surface area contributed by atoms with Gasteiger partial charge in [-0.2, -0.15) is 0 Å². The average molecular weight is 205 g/mol. The number of rotatable bonds is 4. The largest absolute Gasteiger partial charge is 0.381 e. The van der Waals surface area contributed by atoms with E-state index in [2.05, 4.69) is 23.3 Å². The zero-order chi connectivity index (χ0) is 10.8. The first-order chi connectivity index (χ1) is 7.16. The molecule has 1 aliphatic carbocycles. The highest BCUT2D eigenvalue weighted by molar-refractivity contribution is 5.48. The van der Waals surface area contributed by atoms with Gasteiger partial charge in [-0.05, 0) is 37.8 Å². The molecule has 1 aliphatic rings. The van der Waals surface area contributed by atoms with Gasteiger partial charge in [0.05, 0.1) is 11.9 Å². The van der Waals surface area contributed by atoms with Crippen molar-refractivity contribution in [2.75, 3.05) is 24.3 Å². The van der Waals surface area contributed by atoms with Crippen molar-refractivity contribution >= 4 is 11.5 Å². The minimum Gasteiger partial charge on any atom is -0.381 e. The first-order valence-corrected chi connectivity index (χ1v) is 5.57. The summed E-state index contributed by atoms with van der Waals surface area (Å²) in [5, 5.41) is 3.49. The van der Waals surface area contributed by atoms with E-state index in [1.54, 1.807) is 0 Å². The molecule has 1 saturated carbocycles. The van der Waals surface area contributed by atoms with Crippen molar-refractivity contribution in [1.82, 2.24) is 4.98 Å². The number of hydrogen-bond acceptors (Lipinski definition) is 3. The maximum Gasteiger partial charge on any atom is 0.128 e. The number of pyridine rings is 1. The Labute approximate surface area is 91.5 Å². The standard InChI is InChI=1S/C12H19N3/c1-9(10-4-5-10)14-11-6-7-12(13-8-11)15(2)3/h6-10,14H,4-5H2,1-3H3. The molecule has 1 aromatic heterocycles. The van der Waals surface area contributed by atoms with E-state index >= 15 is 0 Å². The molecule has 0 bridgehead atoms. The molecule has 2 rings (SSSR count). The zero-order valence-electron chi connectivity index (χ0n) is 9.70. The number of aromatic nitrogens is 1. The number of nitrogens with one attached hydrogen (secondary N) is 1. The van der Waals surface area contributed by atoms with E-state index in [9.17, 15) is 0 Å². The monoisotopic (exact) mass is 205 g/mol. The molecule has 1 atom stereocenters. The van der Waals surface area contributed by atoms with Gasteiger partial charge in [0.2, 0.25) is 0 Å². The molecule has 15 heavy (non-hydrogen) atoms. The zero-order valence-corrected chi connectivity index (χ0v) is 9.70. The molecule has 3 nitrogen and oxygen atoms in total. The summed E-state index contributed by atoms with van der Waals surface area (Å²) < 4.78 is 0. The van der Waals surface area contributed by atoms with Gasteiger partial charge in [0.15, 0.2) is 0 Å². The van der Waals surface area contributed by atoms with E-state index in [1.165, 1.54) is 12.8 Å². The summed E-state index contributed by atoms with van der Waals surface area (Å²) in [5.74, 6) is 1.87. The normalized spacial score (nSPS) is 17.3. The van der Waals surface area contributed by atoms with E-state index in [4.69, 9.17) is 0 Å². The number of nitrogens with zero attached hydrogens (tertiary/aromatic N) is 2. The number of anilines is 2. The predicted molar refractivity (Wildman–Crippen MR) is 64.4 cm³/mol. The van der Waals surface area contributed by atoms with Crippen molar-refractivity contribution in [2.24, 2.45) is 5.92 Å². The maximum atomic E-state index is 4.37. The second kappa shape index (κ2) is 4.09. The molecule has 82 valence electrons. The smallest absolute Gasteiger partial charge is 0.128 e. The van der Waals surface area contributed by atoms with Gasteiger partial charge in [-0.3, -0.25) is 0 Å². The summed E-state index contributed by atoms with van der Waals surface area (Å²) in [4.78, 5) is 6.38. The summed E-state index contributed by atoms with van der Waals surface area (Å²) in [6.07, 6.45) is 4.66. The summed E-state index contributed by atoms with van der Waals surface area (Å²) in [6.45, 7) is 2.25. The molecule has 0 aromatic carbocycles. The van der Waals surface area contributed by atoms with Crippen LogP contribution in [0.15, 0.2) is 18.3 Å². The maximum absolute atomic E-state index is 4.37. The fourth-order valence-electron chi connectivity index (χ4n) is 1.71. The molecule has 1 heterocycles. The van der Waals surface area contributed by atoms with E-state index < -0.39 is 0 Å².